The molecule has 3 N–H and O–H groups in total. The number of pyridine rings is 1. The third kappa shape index (κ3) is 3.59. The molecule has 1 fully saturated rings. The summed E-state index contributed by atoms with van der Waals surface area (Å²) >= 11 is 8.01. The highest BCUT2D eigenvalue weighted by molar-refractivity contribution is 7.99. The molecule has 0 saturated carbocycles. The van der Waals surface area contributed by atoms with E-state index in [9.17, 15) is 10.2 Å². The maximum absolute atomic E-state index is 10.3. The number of hydrogen-bond acceptors (Lipinski definition) is 9. The Morgan fingerprint density at radius 1 is 1.26 bits per heavy atom. The fourth-order valence-electron chi connectivity index (χ4n) is 3.89. The van der Waals surface area contributed by atoms with E-state index in [1.54, 1.807) is 18.6 Å². The van der Waals surface area contributed by atoms with Crippen molar-refractivity contribution >= 4 is 51.4 Å². The van der Waals surface area contributed by atoms with Gasteiger partial charge in [0.15, 0.2) is 10.8 Å². The Bertz CT molecular complexity index is 1270. The first-order valence-corrected chi connectivity index (χ1v) is 11.2. The maximum Gasteiger partial charge on any atom is 0.196 e. The average molecular weight is 458 g/mol. The third-order valence-corrected chi connectivity index (χ3v) is 6.70. The van der Waals surface area contributed by atoms with E-state index in [1.165, 1.54) is 11.8 Å². The molecule has 1 aliphatic heterocycles. The molecule has 0 unspecified atom stereocenters. The Morgan fingerprint density at radius 3 is 2.90 bits per heavy atom. The SMILES string of the molecule is CCc1[nH]c2nc(Sc3cnc4nccnc4c3)nc(N3CC[C@H](O)[C@H]3CO)c2c1Cl. The van der Waals surface area contributed by atoms with Gasteiger partial charge in [-0.25, -0.2) is 19.9 Å². The highest BCUT2D eigenvalue weighted by atomic mass is 35.5. The van der Waals surface area contributed by atoms with E-state index in [1.807, 2.05) is 17.9 Å². The Labute approximate surface area is 186 Å². The molecule has 4 aromatic rings. The van der Waals surface area contributed by atoms with Crippen molar-refractivity contribution in [2.75, 3.05) is 18.1 Å². The lowest BCUT2D eigenvalue weighted by molar-refractivity contribution is 0.128. The number of nitrogens with zero attached hydrogens (tertiary/aromatic N) is 6. The molecule has 1 aliphatic rings. The number of aromatic nitrogens is 6. The lowest BCUT2D eigenvalue weighted by Gasteiger charge is -2.26. The summed E-state index contributed by atoms with van der Waals surface area (Å²) in [6.45, 7) is 2.40. The zero-order valence-electron chi connectivity index (χ0n) is 16.7. The van der Waals surface area contributed by atoms with E-state index in [4.69, 9.17) is 16.6 Å². The molecule has 11 heteroatoms. The molecule has 0 aromatic carbocycles. The second-order valence-corrected chi connectivity index (χ2v) is 8.71. The van der Waals surface area contributed by atoms with Gasteiger partial charge in [0.25, 0.3) is 0 Å². The van der Waals surface area contributed by atoms with Crippen molar-refractivity contribution in [1.82, 2.24) is 29.9 Å². The molecule has 0 radical (unpaired) electrons. The van der Waals surface area contributed by atoms with Gasteiger partial charge in [0.2, 0.25) is 0 Å². The van der Waals surface area contributed by atoms with Crippen LogP contribution in [0.4, 0.5) is 5.82 Å². The molecular formula is C20H20ClN7O2S. The summed E-state index contributed by atoms with van der Waals surface area (Å²) in [4.78, 5) is 28.3. The second-order valence-electron chi connectivity index (χ2n) is 7.30. The van der Waals surface area contributed by atoms with Crippen LogP contribution in [0.3, 0.4) is 0 Å². The number of H-pyrrole nitrogens is 1. The van der Waals surface area contributed by atoms with E-state index in [0.29, 0.717) is 51.2 Å². The number of aryl methyl sites for hydroxylation is 1. The van der Waals surface area contributed by atoms with Gasteiger partial charge in [-0.15, -0.1) is 0 Å². The number of rotatable bonds is 5. The second kappa shape index (κ2) is 8.19. The fraction of sp³-hybridized carbons (Fsp3) is 0.350. The molecule has 4 aromatic heterocycles. The van der Waals surface area contributed by atoms with Gasteiger partial charge in [-0.3, -0.25) is 4.98 Å². The van der Waals surface area contributed by atoms with E-state index in [0.717, 1.165) is 17.0 Å². The van der Waals surface area contributed by atoms with Gasteiger partial charge in [0.1, 0.15) is 17.0 Å². The summed E-state index contributed by atoms with van der Waals surface area (Å²) in [6.07, 6.45) is 5.58. The van der Waals surface area contributed by atoms with Crippen LogP contribution >= 0.6 is 23.4 Å². The fourth-order valence-corrected chi connectivity index (χ4v) is 5.00. The van der Waals surface area contributed by atoms with Crippen molar-refractivity contribution in [1.29, 1.82) is 0 Å². The number of aromatic amines is 1. The predicted molar refractivity (Wildman–Crippen MR) is 119 cm³/mol. The zero-order chi connectivity index (χ0) is 21.5. The van der Waals surface area contributed by atoms with Gasteiger partial charge in [0, 0.05) is 35.7 Å². The Kier molecular flexibility index (Phi) is 5.39. The monoisotopic (exact) mass is 457 g/mol. The Balaban J connectivity index is 1.61. The van der Waals surface area contributed by atoms with Crippen LogP contribution in [-0.4, -0.2) is 65.4 Å². The molecule has 160 valence electrons. The van der Waals surface area contributed by atoms with Crippen molar-refractivity contribution in [3.8, 4) is 0 Å². The smallest absolute Gasteiger partial charge is 0.196 e. The molecule has 5 heterocycles. The lowest BCUT2D eigenvalue weighted by Crippen LogP contribution is -2.38. The highest BCUT2D eigenvalue weighted by Gasteiger charge is 2.35. The number of hydrogen-bond donors (Lipinski definition) is 3. The van der Waals surface area contributed by atoms with Crippen molar-refractivity contribution in [2.24, 2.45) is 0 Å². The minimum atomic E-state index is -0.627. The molecule has 2 atom stereocenters. The number of nitrogens with one attached hydrogen (secondary N) is 1. The normalized spacial score (nSPS) is 19.0. The van der Waals surface area contributed by atoms with E-state index in [2.05, 4.69) is 24.9 Å². The molecule has 1 saturated heterocycles. The molecule has 0 bridgehead atoms. The van der Waals surface area contributed by atoms with Crippen molar-refractivity contribution in [3.63, 3.8) is 0 Å². The van der Waals surface area contributed by atoms with Crippen LogP contribution in [0.1, 0.15) is 19.0 Å². The standard InChI is InChI=1S/C20H20ClN7O2S/c1-2-11-16(21)15-18(25-11)26-20(27-19(15)28-6-3-14(30)13(28)9-29)31-10-7-12-17(24-8-10)23-5-4-22-12/h4-5,7-8,13-14,29-30H,2-3,6,9H2,1H3,(H,25,26,27)/t13-,14+/m1/s1. The zero-order valence-corrected chi connectivity index (χ0v) is 18.2. The van der Waals surface area contributed by atoms with Gasteiger partial charge in [-0.2, -0.15) is 0 Å². The third-order valence-electron chi connectivity index (χ3n) is 5.45. The quantitative estimate of drug-likeness (QED) is 0.388. The number of fused-ring (bicyclic) bond motifs is 2. The molecule has 31 heavy (non-hydrogen) atoms. The van der Waals surface area contributed by atoms with Gasteiger partial charge >= 0.3 is 0 Å². The number of aliphatic hydroxyl groups is 2. The van der Waals surface area contributed by atoms with Crippen LogP contribution in [0, 0.1) is 0 Å². The number of anilines is 1. The topological polar surface area (TPSA) is 124 Å². The van der Waals surface area contributed by atoms with Crippen LogP contribution in [0.2, 0.25) is 5.02 Å². The molecular weight excluding hydrogens is 438 g/mol. The van der Waals surface area contributed by atoms with Crippen LogP contribution < -0.4 is 4.90 Å². The van der Waals surface area contributed by atoms with Crippen molar-refractivity contribution in [2.45, 2.75) is 42.0 Å². The van der Waals surface area contributed by atoms with Gasteiger partial charge in [-0.05, 0) is 30.7 Å². The Morgan fingerprint density at radius 2 is 2.10 bits per heavy atom. The lowest BCUT2D eigenvalue weighted by atomic mass is 10.2. The van der Waals surface area contributed by atoms with Crippen LogP contribution in [0.15, 0.2) is 34.7 Å². The molecule has 0 aliphatic carbocycles. The first-order chi connectivity index (χ1) is 15.1. The first kappa shape index (κ1) is 20.4. The molecule has 0 amide bonds. The minimum Gasteiger partial charge on any atom is -0.394 e. The largest absolute Gasteiger partial charge is 0.394 e. The van der Waals surface area contributed by atoms with E-state index in [-0.39, 0.29) is 6.61 Å². The van der Waals surface area contributed by atoms with Crippen LogP contribution in [0.5, 0.6) is 0 Å². The summed E-state index contributed by atoms with van der Waals surface area (Å²) < 4.78 is 0. The minimum absolute atomic E-state index is 0.176. The molecule has 0 spiro atoms. The Hall–Kier alpha value is -2.53. The summed E-state index contributed by atoms with van der Waals surface area (Å²) in [5, 5.41) is 21.9. The summed E-state index contributed by atoms with van der Waals surface area (Å²) in [6, 6.07) is 1.45. The van der Waals surface area contributed by atoms with Gasteiger partial charge < -0.3 is 20.1 Å². The van der Waals surface area contributed by atoms with Gasteiger partial charge in [0.05, 0.1) is 29.2 Å². The predicted octanol–water partition coefficient (Wildman–Crippen LogP) is 2.60. The molecule has 5 rings (SSSR count). The maximum atomic E-state index is 10.3. The van der Waals surface area contributed by atoms with Crippen LogP contribution in [0.25, 0.3) is 22.2 Å². The average Bonchev–Trinajstić information content (AvgIpc) is 3.32. The van der Waals surface area contributed by atoms with E-state index < -0.39 is 12.1 Å². The van der Waals surface area contributed by atoms with Crippen molar-refractivity contribution in [3.05, 3.63) is 35.4 Å². The van der Waals surface area contributed by atoms with Crippen LogP contribution in [-0.2, 0) is 6.42 Å². The first-order valence-electron chi connectivity index (χ1n) is 9.97. The molecule has 9 nitrogen and oxygen atoms in total. The number of aliphatic hydroxyl groups excluding tert-OH is 2. The van der Waals surface area contributed by atoms with Crippen molar-refractivity contribution < 1.29 is 10.2 Å². The number of halogens is 1. The van der Waals surface area contributed by atoms with E-state index >= 15 is 0 Å². The summed E-state index contributed by atoms with van der Waals surface area (Å²) in [7, 11) is 0. The summed E-state index contributed by atoms with van der Waals surface area (Å²) in [5.41, 5.74) is 2.76. The summed E-state index contributed by atoms with van der Waals surface area (Å²) in [5.74, 6) is 0.609. The van der Waals surface area contributed by atoms with Gasteiger partial charge in [-0.1, -0.05) is 18.5 Å². The highest BCUT2D eigenvalue weighted by Crippen LogP contribution is 2.39.